The van der Waals surface area contributed by atoms with Crippen molar-refractivity contribution in [3.8, 4) is 79.0 Å². The van der Waals surface area contributed by atoms with Crippen LogP contribution < -0.4 is 49.4 Å². The summed E-state index contributed by atoms with van der Waals surface area (Å²) in [6.45, 7) is 27.4. The maximum Gasteiger partial charge on any atom is 1.00 e. The fourth-order valence-electron chi connectivity index (χ4n) is 13.7. The Kier molecular flexibility index (Phi) is 27.8. The van der Waals surface area contributed by atoms with E-state index in [-0.39, 0.29) is 37.5 Å². The molecule has 0 N–H and O–H groups in total. The van der Waals surface area contributed by atoms with E-state index in [0.717, 1.165) is 67.1 Å². The number of aromatic nitrogens is 4. The molecule has 7 nitrogen and oxygen atoms in total. The summed E-state index contributed by atoms with van der Waals surface area (Å²) in [6, 6.07) is 67.1. The molecule has 2 aliphatic carbocycles. The molecule has 2 aromatic heterocycles. The number of hydrogen-bond donors (Lipinski definition) is 0. The van der Waals surface area contributed by atoms with Crippen molar-refractivity contribution in [2.45, 2.75) is 195 Å². The van der Waals surface area contributed by atoms with E-state index in [2.05, 4.69) is 270 Å². The fourth-order valence-corrected chi connectivity index (χ4v) is 18.0. The molecule has 0 atom stereocenters. The number of ether oxygens (including phenoxy) is 2. The van der Waals surface area contributed by atoms with Crippen molar-refractivity contribution in [1.82, 2.24) is 19.1 Å². The summed E-state index contributed by atoms with van der Waals surface area (Å²) in [5, 5.41) is 11.7. The number of imidazole rings is 2. The molecule has 10 heteroatoms. The topological polar surface area (TPSA) is 77.2 Å². The number of hydrogen-bond acceptors (Lipinski definition) is 5. The second-order valence-corrected chi connectivity index (χ2v) is 31.5. The van der Waals surface area contributed by atoms with Gasteiger partial charge in [-0.15, -0.1) is 5.60 Å². The van der Waals surface area contributed by atoms with Gasteiger partial charge in [-0.3, -0.25) is 9.13 Å². The molecule has 0 saturated heterocycles. The Hall–Kier alpha value is -6.35. The van der Waals surface area contributed by atoms with E-state index in [9.17, 15) is 5.11 Å². The molecule has 12 rings (SSSR count). The minimum atomic E-state index is -0.750. The molecule has 2 saturated carbocycles. The molecule has 0 aliphatic heterocycles. The molecule has 10 aromatic rings. The Balaban J connectivity index is 0.000000177. The van der Waals surface area contributed by atoms with Gasteiger partial charge in [0.1, 0.15) is 27.8 Å². The summed E-state index contributed by atoms with van der Waals surface area (Å²) >= 11 is 3.70. The quantitative estimate of drug-likeness (QED) is 0.0712. The molecular formula is C86H103BrN4NaO3P. The van der Waals surface area contributed by atoms with Crippen molar-refractivity contribution in [1.29, 1.82) is 0 Å². The molecule has 0 radical (unpaired) electrons. The summed E-state index contributed by atoms with van der Waals surface area (Å²) in [6.07, 6.45) is 16.2. The first-order valence-electron chi connectivity index (χ1n) is 34.8. The maximum absolute atomic E-state index is 10.1. The van der Waals surface area contributed by atoms with Gasteiger partial charge in [-0.25, -0.2) is 9.97 Å². The Morgan fingerprint density at radius 1 is 0.469 bits per heavy atom. The molecule has 2 aliphatic rings. The average molecular weight is 1370 g/mol. The predicted octanol–water partition coefficient (Wildman–Crippen LogP) is 20.6. The predicted molar refractivity (Wildman–Crippen MR) is 407 cm³/mol. The number of rotatable bonds is 16. The minimum Gasteiger partial charge on any atom is -0.850 e. The summed E-state index contributed by atoms with van der Waals surface area (Å²) in [5.74, 6) is 5.35. The van der Waals surface area contributed by atoms with E-state index in [0.29, 0.717) is 23.7 Å². The van der Waals surface area contributed by atoms with Crippen LogP contribution in [0.3, 0.4) is 0 Å². The zero-order valence-corrected chi connectivity index (χ0v) is 64.8. The fraction of sp³-hybridized carbons (Fsp3) is 0.372. The van der Waals surface area contributed by atoms with E-state index in [1.165, 1.54) is 126 Å². The summed E-state index contributed by atoms with van der Waals surface area (Å²) in [4.78, 5) is 9.72. The zero-order valence-electron chi connectivity index (χ0n) is 60.3. The third-order valence-corrected chi connectivity index (χ3v) is 22.7. The van der Waals surface area contributed by atoms with Crippen LogP contribution in [-0.2, 0) is 0 Å². The van der Waals surface area contributed by atoms with E-state index in [4.69, 9.17) is 19.4 Å². The third kappa shape index (κ3) is 18.7. The van der Waals surface area contributed by atoms with Gasteiger partial charge < -0.3 is 14.6 Å². The number of nitrogens with zero attached hydrogens (tertiary/aromatic N) is 4. The van der Waals surface area contributed by atoms with Gasteiger partial charge in [-0.1, -0.05) is 274 Å². The van der Waals surface area contributed by atoms with Gasteiger partial charge >= 0.3 is 29.6 Å². The van der Waals surface area contributed by atoms with Gasteiger partial charge in [0.05, 0.1) is 36.9 Å². The van der Waals surface area contributed by atoms with Crippen molar-refractivity contribution in [3.63, 3.8) is 0 Å². The Morgan fingerprint density at radius 3 is 1.21 bits per heavy atom. The van der Waals surface area contributed by atoms with Crippen LogP contribution in [0.4, 0.5) is 0 Å². The third-order valence-electron chi connectivity index (χ3n) is 18.4. The standard InChI is InChI=1S/C28H29BrN2.C28H30N2.C26H35O2P.C4H9O.Na/c1-18(2)24-16-23(21-12-8-6-9-13-21)17-25(19(3)4)26(24)31-20(5)27(29)30-28(31)22-14-10-7-11-15-22;1-19(2)25-16-24(22-12-8-6-9-13-22)17-26(20(3)4)27(25)30-21(5)18-29-28(30)23-14-10-7-11-15-23;1-27-23-17-11-18-24(28-2)26(23)22-16-9-10-19-25(22)29(20-12-5-3-6-13-20)21-14-7-4-8-15-21;1-4(2,3)5;/h6-19H,1-5H3;6-20H,1-5H3;9-11,16-21H,3-8,12-15H2,1-2H3;1-3H3;/q;;;-1;+1. The van der Waals surface area contributed by atoms with Crippen molar-refractivity contribution < 1.29 is 44.1 Å². The Labute approximate surface area is 608 Å². The molecular weight excluding hydrogens is 1270 g/mol. The van der Waals surface area contributed by atoms with E-state index < -0.39 is 5.60 Å². The van der Waals surface area contributed by atoms with Gasteiger partial charge in [0, 0.05) is 23.0 Å². The van der Waals surface area contributed by atoms with Gasteiger partial charge in [-0.05, 0) is 182 Å². The van der Waals surface area contributed by atoms with Gasteiger partial charge in [0.15, 0.2) is 0 Å². The van der Waals surface area contributed by atoms with E-state index >= 15 is 0 Å². The van der Waals surface area contributed by atoms with Crippen LogP contribution in [0.25, 0.3) is 67.5 Å². The molecule has 96 heavy (non-hydrogen) atoms. The van der Waals surface area contributed by atoms with Crippen LogP contribution in [0, 0.1) is 13.8 Å². The SMILES string of the molecule is CC(C)(C)[O-].COc1cccc(OC)c1-c1ccccc1P(C1CCCCC1)C1CCCCC1.Cc1c(Br)nc(-c2ccccc2)n1-c1c(C(C)C)cc(-c2ccccc2)cc1C(C)C.Cc1cnc(-c2ccccc2)n1-c1c(C(C)C)cc(-c2ccccc2)cc1C(C)C.[Na+]. The number of benzene rings is 8. The number of methoxy groups -OCH3 is 2. The van der Waals surface area contributed by atoms with E-state index in [1.54, 1.807) is 40.3 Å². The second-order valence-electron chi connectivity index (χ2n) is 28.0. The molecule has 0 unspecified atom stereocenters. The van der Waals surface area contributed by atoms with Crippen molar-refractivity contribution in [2.75, 3.05) is 14.2 Å². The number of aryl methyl sites for hydroxylation is 1. The first-order valence-corrected chi connectivity index (χ1v) is 37.1. The molecule has 2 heterocycles. The first-order chi connectivity index (χ1) is 45.7. The van der Waals surface area contributed by atoms with Crippen molar-refractivity contribution in [3.05, 3.63) is 232 Å². The molecule has 498 valence electrons. The monoisotopic (exact) mass is 1370 g/mol. The first kappa shape index (κ1) is 75.4. The van der Waals surface area contributed by atoms with E-state index in [1.807, 2.05) is 18.3 Å². The molecule has 2 fully saturated rings. The van der Waals surface area contributed by atoms with Crippen LogP contribution in [-0.4, -0.2) is 50.2 Å². The molecule has 0 bridgehead atoms. The normalized spacial score (nSPS) is 13.6. The summed E-state index contributed by atoms with van der Waals surface area (Å²) in [7, 11) is 3.36. The average Bonchev–Trinajstić information content (AvgIpc) is 1.49. The Morgan fingerprint density at radius 2 is 0.823 bits per heavy atom. The minimum absolute atomic E-state index is 0. The summed E-state index contributed by atoms with van der Waals surface area (Å²) in [5.41, 5.74) is 21.0. The maximum atomic E-state index is 10.1. The molecule has 8 aromatic carbocycles. The van der Waals surface area contributed by atoms with Crippen LogP contribution in [0.5, 0.6) is 11.5 Å². The van der Waals surface area contributed by atoms with Gasteiger partial charge in [0.25, 0.3) is 0 Å². The van der Waals surface area contributed by atoms with Crippen LogP contribution in [0.2, 0.25) is 0 Å². The largest absolute Gasteiger partial charge is 1.00 e. The van der Waals surface area contributed by atoms with Gasteiger partial charge in [-0.2, -0.15) is 0 Å². The van der Waals surface area contributed by atoms with Crippen molar-refractivity contribution >= 4 is 29.2 Å². The van der Waals surface area contributed by atoms with Crippen molar-refractivity contribution in [2.24, 2.45) is 0 Å². The van der Waals surface area contributed by atoms with Crippen LogP contribution >= 0.6 is 23.9 Å². The zero-order chi connectivity index (χ0) is 67.9. The molecule has 0 spiro atoms. The van der Waals surface area contributed by atoms with Crippen LogP contribution in [0.1, 0.15) is 198 Å². The van der Waals surface area contributed by atoms with Crippen LogP contribution in [0.15, 0.2) is 199 Å². The smallest absolute Gasteiger partial charge is 0.850 e. The Bertz CT molecular complexity index is 3940. The second kappa shape index (κ2) is 35.4. The molecule has 0 amide bonds. The summed E-state index contributed by atoms with van der Waals surface area (Å²) < 4.78 is 17.2. The number of halogens is 1. The van der Waals surface area contributed by atoms with Gasteiger partial charge in [0.2, 0.25) is 0 Å².